The molecule has 4 aliphatic carbocycles. The Bertz CT molecular complexity index is 685. The summed E-state index contributed by atoms with van der Waals surface area (Å²) in [5.41, 5.74) is -0.0840. The lowest BCUT2D eigenvalue weighted by Crippen LogP contribution is -2.64. The summed E-state index contributed by atoms with van der Waals surface area (Å²) in [4.78, 5) is 0. The number of hydrogen-bond acceptors (Lipinski definition) is 6. The molecule has 0 aromatic carbocycles. The van der Waals surface area contributed by atoms with Crippen LogP contribution in [-0.4, -0.2) is 60.9 Å². The molecular weight excluding hydrogens is 384 g/mol. The fourth-order valence-electron chi connectivity index (χ4n) is 9.45. The van der Waals surface area contributed by atoms with E-state index in [1.54, 1.807) is 0 Å². The van der Waals surface area contributed by atoms with Gasteiger partial charge in [0.25, 0.3) is 0 Å². The summed E-state index contributed by atoms with van der Waals surface area (Å²) in [5, 5.41) is 22.0. The smallest absolute Gasteiger partial charge is 0.174 e. The molecule has 0 aromatic rings. The van der Waals surface area contributed by atoms with E-state index in [-0.39, 0.29) is 35.4 Å². The van der Waals surface area contributed by atoms with Gasteiger partial charge in [-0.15, -0.1) is 0 Å². The molecule has 0 bridgehead atoms. The molecule has 6 heteroatoms. The van der Waals surface area contributed by atoms with Crippen LogP contribution in [0.1, 0.15) is 58.8 Å². The van der Waals surface area contributed by atoms with Crippen molar-refractivity contribution >= 4 is 0 Å². The van der Waals surface area contributed by atoms with Crippen molar-refractivity contribution in [2.75, 3.05) is 33.0 Å². The zero-order valence-corrected chi connectivity index (χ0v) is 18.5. The van der Waals surface area contributed by atoms with Gasteiger partial charge < -0.3 is 29.2 Å². The lowest BCUT2D eigenvalue weighted by atomic mass is 9.41. The molecule has 2 N–H and O–H groups in total. The van der Waals surface area contributed by atoms with E-state index in [4.69, 9.17) is 18.9 Å². The van der Waals surface area contributed by atoms with E-state index in [1.807, 2.05) is 0 Å². The summed E-state index contributed by atoms with van der Waals surface area (Å²) in [5.74, 6) is 0.718. The molecule has 30 heavy (non-hydrogen) atoms. The van der Waals surface area contributed by atoms with Gasteiger partial charge in [0.15, 0.2) is 11.6 Å². The largest absolute Gasteiger partial charge is 0.396 e. The van der Waals surface area contributed by atoms with Gasteiger partial charge in [-0.3, -0.25) is 0 Å². The van der Waals surface area contributed by atoms with Gasteiger partial charge in [0.1, 0.15) is 0 Å². The lowest BCUT2D eigenvalue weighted by molar-refractivity contribution is -0.281. The van der Waals surface area contributed by atoms with Crippen LogP contribution in [0.5, 0.6) is 0 Å². The molecule has 6 aliphatic rings. The molecule has 2 spiro atoms. The Morgan fingerprint density at radius 1 is 0.867 bits per heavy atom. The second-order valence-electron chi connectivity index (χ2n) is 11.6. The SMILES string of the molecule is C[C@]12CCC3(C[C@@H]1[C@@H](O)C[C@@H]1[C@@H]2[C@@H](CO)C[C@@]2(C)[C@H]1CCC21OCCO1)OCCO3. The van der Waals surface area contributed by atoms with Crippen molar-refractivity contribution in [2.24, 2.45) is 40.4 Å². The first kappa shape index (κ1) is 20.4. The molecule has 2 saturated heterocycles. The number of aliphatic hydroxyl groups excluding tert-OH is 2. The van der Waals surface area contributed by atoms with E-state index >= 15 is 0 Å². The fraction of sp³-hybridized carbons (Fsp3) is 1.00. The number of ether oxygens (including phenoxy) is 4. The first-order valence-corrected chi connectivity index (χ1v) is 12.2. The Labute approximate surface area is 179 Å². The fourth-order valence-corrected chi connectivity index (χ4v) is 9.45. The first-order chi connectivity index (χ1) is 14.4. The Balaban J connectivity index is 1.36. The number of aliphatic hydroxyl groups is 2. The third-order valence-corrected chi connectivity index (χ3v) is 10.6. The average molecular weight is 423 g/mol. The van der Waals surface area contributed by atoms with Crippen LogP contribution in [-0.2, 0) is 18.9 Å². The van der Waals surface area contributed by atoms with Crippen LogP contribution in [0.3, 0.4) is 0 Å². The van der Waals surface area contributed by atoms with Crippen molar-refractivity contribution < 1.29 is 29.2 Å². The van der Waals surface area contributed by atoms with Crippen molar-refractivity contribution in [3.8, 4) is 0 Å². The summed E-state index contributed by atoms with van der Waals surface area (Å²) in [6.45, 7) is 7.59. The topological polar surface area (TPSA) is 77.4 Å². The molecule has 6 rings (SSSR count). The maximum Gasteiger partial charge on any atom is 0.174 e. The zero-order chi connectivity index (χ0) is 20.8. The molecule has 170 valence electrons. The van der Waals surface area contributed by atoms with Gasteiger partial charge in [-0.25, -0.2) is 0 Å². The third-order valence-electron chi connectivity index (χ3n) is 10.6. The molecular formula is C24H38O6. The highest BCUT2D eigenvalue weighted by molar-refractivity contribution is 5.16. The molecule has 0 radical (unpaired) electrons. The van der Waals surface area contributed by atoms with E-state index in [0.29, 0.717) is 44.2 Å². The molecule has 4 saturated carbocycles. The third kappa shape index (κ3) is 2.47. The number of hydrogen-bond donors (Lipinski definition) is 2. The van der Waals surface area contributed by atoms with Crippen molar-refractivity contribution in [2.45, 2.75) is 76.5 Å². The van der Waals surface area contributed by atoms with Crippen molar-refractivity contribution in [3.05, 3.63) is 0 Å². The van der Waals surface area contributed by atoms with Gasteiger partial charge in [-0.2, -0.15) is 0 Å². The summed E-state index contributed by atoms with van der Waals surface area (Å²) in [7, 11) is 0. The molecule has 6 nitrogen and oxygen atoms in total. The Morgan fingerprint density at radius 3 is 2.27 bits per heavy atom. The van der Waals surface area contributed by atoms with Gasteiger partial charge in [0, 0.05) is 31.3 Å². The van der Waals surface area contributed by atoms with Crippen LogP contribution >= 0.6 is 0 Å². The van der Waals surface area contributed by atoms with Crippen LogP contribution in [0.4, 0.5) is 0 Å². The van der Waals surface area contributed by atoms with Crippen molar-refractivity contribution in [1.29, 1.82) is 0 Å². The first-order valence-electron chi connectivity index (χ1n) is 12.2. The second kappa shape index (κ2) is 6.64. The van der Waals surface area contributed by atoms with Gasteiger partial charge in [0.2, 0.25) is 0 Å². The molecule has 2 aliphatic heterocycles. The summed E-state index contributed by atoms with van der Waals surface area (Å²) in [6.07, 6.45) is 6.13. The Kier molecular flexibility index (Phi) is 4.51. The summed E-state index contributed by atoms with van der Waals surface area (Å²) < 4.78 is 24.6. The number of fused-ring (bicyclic) bond motifs is 6. The maximum atomic E-state index is 11.4. The van der Waals surface area contributed by atoms with Gasteiger partial charge >= 0.3 is 0 Å². The van der Waals surface area contributed by atoms with Crippen molar-refractivity contribution in [1.82, 2.24) is 0 Å². The highest BCUT2D eigenvalue weighted by atomic mass is 16.7. The predicted octanol–water partition coefficient (Wildman–Crippen LogP) is 2.70. The highest BCUT2D eigenvalue weighted by Gasteiger charge is 2.70. The van der Waals surface area contributed by atoms with Gasteiger partial charge in [0.05, 0.1) is 32.5 Å². The van der Waals surface area contributed by atoms with Gasteiger partial charge in [-0.05, 0) is 60.7 Å². The predicted molar refractivity (Wildman–Crippen MR) is 108 cm³/mol. The maximum absolute atomic E-state index is 11.4. The zero-order valence-electron chi connectivity index (χ0n) is 18.5. The quantitative estimate of drug-likeness (QED) is 0.677. The summed E-state index contributed by atoms with van der Waals surface area (Å²) in [6, 6.07) is 0. The Hall–Kier alpha value is -0.240. The van der Waals surface area contributed by atoms with E-state index in [2.05, 4.69) is 13.8 Å². The van der Waals surface area contributed by atoms with Crippen molar-refractivity contribution in [3.63, 3.8) is 0 Å². The van der Waals surface area contributed by atoms with Crippen LogP contribution in [0.25, 0.3) is 0 Å². The van der Waals surface area contributed by atoms with E-state index in [0.717, 1.165) is 44.9 Å². The normalized spacial score (nSPS) is 53.6. The van der Waals surface area contributed by atoms with Crippen LogP contribution < -0.4 is 0 Å². The minimum atomic E-state index is -0.487. The Morgan fingerprint density at radius 2 is 1.57 bits per heavy atom. The average Bonchev–Trinajstić information content (AvgIpc) is 3.45. The van der Waals surface area contributed by atoms with E-state index in [1.165, 1.54) is 0 Å². The van der Waals surface area contributed by atoms with Gasteiger partial charge in [-0.1, -0.05) is 13.8 Å². The van der Waals surface area contributed by atoms with Crippen LogP contribution in [0.2, 0.25) is 0 Å². The summed E-state index contributed by atoms with van der Waals surface area (Å²) >= 11 is 0. The molecule has 0 unspecified atom stereocenters. The van der Waals surface area contributed by atoms with Crippen LogP contribution in [0, 0.1) is 40.4 Å². The monoisotopic (exact) mass is 422 g/mol. The minimum absolute atomic E-state index is 0.00473. The minimum Gasteiger partial charge on any atom is -0.396 e. The molecule has 8 atom stereocenters. The van der Waals surface area contributed by atoms with E-state index in [9.17, 15) is 10.2 Å². The van der Waals surface area contributed by atoms with E-state index < -0.39 is 11.6 Å². The molecule has 6 fully saturated rings. The highest BCUT2D eigenvalue weighted by Crippen LogP contribution is 2.71. The standard InChI is InChI=1S/C24H38O6/c1-21-5-6-23(27-7-8-28-23)13-18(21)19(26)11-16-17-3-4-24(29-9-10-30-24)22(17,2)12-15(14-25)20(16)21/h15-20,25-26H,3-14H2,1-2H3/t15-,16+,17+,18-,19+,20+,21+,22+/m1/s1. The second-order valence-corrected chi connectivity index (χ2v) is 11.6. The molecule has 2 heterocycles. The van der Waals surface area contributed by atoms with Crippen LogP contribution in [0.15, 0.2) is 0 Å². The number of rotatable bonds is 1. The molecule has 0 aromatic heterocycles. The molecule has 0 amide bonds. The lowest BCUT2D eigenvalue weighted by Gasteiger charge is -2.65.